The van der Waals surface area contributed by atoms with E-state index in [0.717, 1.165) is 18.4 Å². The van der Waals surface area contributed by atoms with E-state index in [1.807, 2.05) is 36.4 Å². The average molecular weight is 339 g/mol. The van der Waals surface area contributed by atoms with E-state index in [4.69, 9.17) is 4.74 Å². The van der Waals surface area contributed by atoms with Crippen LogP contribution in [0, 0.1) is 5.92 Å². The molecule has 2 saturated heterocycles. The third-order valence-electron chi connectivity index (χ3n) is 4.91. The molecule has 124 valence electrons. The molecule has 0 amide bonds. The second kappa shape index (κ2) is 6.98. The molecule has 0 N–H and O–H groups in total. The van der Waals surface area contributed by atoms with Crippen LogP contribution < -0.4 is 4.74 Å². The largest absolute Gasteiger partial charge is 0.487 e. The van der Waals surface area contributed by atoms with Crippen molar-refractivity contribution in [3.05, 3.63) is 59.9 Å². The molecule has 4 heteroatoms. The molecule has 2 atom stereocenters. The lowest BCUT2D eigenvalue weighted by Gasteiger charge is -2.26. The fourth-order valence-electron chi connectivity index (χ4n) is 3.68. The second-order valence-electron chi connectivity index (χ2n) is 6.67. The van der Waals surface area contributed by atoms with Crippen LogP contribution in [-0.2, 0) is 6.61 Å². The molecule has 2 fully saturated rings. The number of rotatable bonds is 5. The fraction of sp³-hybridized carbons (Fsp3) is 0.400. The molecule has 4 rings (SSSR count). The Kier molecular flexibility index (Phi) is 4.56. The Morgan fingerprint density at radius 3 is 2.62 bits per heavy atom. The Morgan fingerprint density at radius 1 is 1.12 bits per heavy atom. The first-order valence-electron chi connectivity index (χ1n) is 8.59. The summed E-state index contributed by atoms with van der Waals surface area (Å²) in [6, 6.07) is 11.9. The Labute approximate surface area is 146 Å². The van der Waals surface area contributed by atoms with Crippen LogP contribution in [0.4, 0.5) is 0 Å². The quantitative estimate of drug-likeness (QED) is 0.751. The van der Waals surface area contributed by atoms with Crippen LogP contribution >= 0.6 is 11.8 Å². The minimum Gasteiger partial charge on any atom is -0.487 e. The van der Waals surface area contributed by atoms with Gasteiger partial charge in [-0.2, -0.15) is 11.8 Å². The average Bonchev–Trinajstić information content (AvgIpc) is 2.98. The van der Waals surface area contributed by atoms with Crippen LogP contribution in [-0.4, -0.2) is 21.3 Å². The highest BCUT2D eigenvalue weighted by Crippen LogP contribution is 2.46. The van der Waals surface area contributed by atoms with E-state index in [1.54, 1.807) is 12.4 Å². The van der Waals surface area contributed by atoms with Gasteiger partial charge in [0, 0.05) is 28.2 Å². The molecule has 0 radical (unpaired) electrons. The molecule has 2 aliphatic rings. The third-order valence-corrected chi connectivity index (χ3v) is 6.53. The number of fused-ring (bicyclic) bond motifs is 2. The SMILES string of the molecule is O=C(c1cncc(OCc2ccccc2)c1)C1CC2CCC(C1)S2. The van der Waals surface area contributed by atoms with Crippen molar-refractivity contribution in [1.29, 1.82) is 0 Å². The van der Waals surface area contributed by atoms with Gasteiger partial charge in [-0.25, -0.2) is 0 Å². The summed E-state index contributed by atoms with van der Waals surface area (Å²) in [6.45, 7) is 0.490. The van der Waals surface area contributed by atoms with Gasteiger partial charge in [-0.15, -0.1) is 0 Å². The van der Waals surface area contributed by atoms with Gasteiger partial charge in [0.25, 0.3) is 0 Å². The number of ketones is 1. The molecule has 1 aromatic carbocycles. The second-order valence-corrected chi connectivity index (χ2v) is 8.28. The molecule has 2 aliphatic heterocycles. The zero-order valence-electron chi connectivity index (χ0n) is 13.6. The van der Waals surface area contributed by atoms with Gasteiger partial charge >= 0.3 is 0 Å². The van der Waals surface area contributed by atoms with Crippen molar-refractivity contribution in [3.63, 3.8) is 0 Å². The normalized spacial score (nSPS) is 25.4. The fourth-order valence-corrected chi connectivity index (χ4v) is 5.46. The van der Waals surface area contributed by atoms with Crippen molar-refractivity contribution < 1.29 is 9.53 Å². The molecular formula is C20H21NO2S. The van der Waals surface area contributed by atoms with Crippen molar-refractivity contribution in [2.75, 3.05) is 0 Å². The first-order chi connectivity index (χ1) is 11.8. The van der Waals surface area contributed by atoms with E-state index in [0.29, 0.717) is 28.4 Å². The van der Waals surface area contributed by atoms with Crippen molar-refractivity contribution in [2.45, 2.75) is 42.8 Å². The Bertz CT molecular complexity index is 707. The van der Waals surface area contributed by atoms with Crippen molar-refractivity contribution in [2.24, 2.45) is 5.92 Å². The first-order valence-corrected chi connectivity index (χ1v) is 9.53. The number of aromatic nitrogens is 1. The summed E-state index contributed by atoms with van der Waals surface area (Å²) < 4.78 is 5.81. The number of hydrogen-bond acceptors (Lipinski definition) is 4. The number of nitrogens with zero attached hydrogens (tertiary/aromatic N) is 1. The van der Waals surface area contributed by atoms with Gasteiger partial charge < -0.3 is 4.74 Å². The summed E-state index contributed by atoms with van der Waals surface area (Å²) >= 11 is 2.09. The van der Waals surface area contributed by atoms with Crippen molar-refractivity contribution in [3.8, 4) is 5.75 Å². The molecule has 0 aliphatic carbocycles. The molecule has 0 spiro atoms. The monoisotopic (exact) mass is 339 g/mol. The van der Waals surface area contributed by atoms with E-state index >= 15 is 0 Å². The van der Waals surface area contributed by atoms with Gasteiger partial charge in [-0.3, -0.25) is 9.78 Å². The number of pyridine rings is 1. The lowest BCUT2D eigenvalue weighted by atomic mass is 9.91. The molecular weight excluding hydrogens is 318 g/mol. The highest BCUT2D eigenvalue weighted by molar-refractivity contribution is 8.00. The van der Waals surface area contributed by atoms with E-state index in [-0.39, 0.29) is 11.7 Å². The van der Waals surface area contributed by atoms with Crippen LogP contribution in [0.25, 0.3) is 0 Å². The molecule has 2 aromatic rings. The van der Waals surface area contributed by atoms with Gasteiger partial charge in [0.15, 0.2) is 5.78 Å². The Balaban J connectivity index is 1.43. The predicted molar refractivity (Wildman–Crippen MR) is 96.5 cm³/mol. The lowest BCUT2D eigenvalue weighted by Crippen LogP contribution is -2.24. The number of carbonyl (C=O) groups excluding carboxylic acids is 1. The van der Waals surface area contributed by atoms with Gasteiger partial charge in [0.05, 0.1) is 6.20 Å². The minimum atomic E-state index is 0.162. The molecule has 3 nitrogen and oxygen atoms in total. The van der Waals surface area contributed by atoms with E-state index < -0.39 is 0 Å². The maximum atomic E-state index is 12.8. The number of carbonyl (C=O) groups is 1. The van der Waals surface area contributed by atoms with Gasteiger partial charge in [0.1, 0.15) is 12.4 Å². The summed E-state index contributed by atoms with van der Waals surface area (Å²) in [6.07, 6.45) is 7.96. The zero-order valence-corrected chi connectivity index (χ0v) is 14.4. The van der Waals surface area contributed by atoms with Crippen LogP contribution in [0.2, 0.25) is 0 Å². The van der Waals surface area contributed by atoms with Crippen molar-refractivity contribution in [1.82, 2.24) is 4.98 Å². The van der Waals surface area contributed by atoms with Crippen molar-refractivity contribution >= 4 is 17.5 Å². The summed E-state index contributed by atoms with van der Waals surface area (Å²) in [7, 11) is 0. The standard InChI is InChI=1S/C20H21NO2S/c22-20(15-9-18-6-7-19(10-15)24-18)16-8-17(12-21-11-16)23-13-14-4-2-1-3-5-14/h1-5,8,11-12,15,18-19H,6-7,9-10,13H2. The number of benzene rings is 1. The molecule has 1 aromatic heterocycles. The molecule has 2 unspecified atom stereocenters. The summed E-state index contributed by atoms with van der Waals surface area (Å²) in [5, 5.41) is 1.37. The van der Waals surface area contributed by atoms with Gasteiger partial charge in [-0.05, 0) is 37.3 Å². The summed E-state index contributed by atoms with van der Waals surface area (Å²) in [5.41, 5.74) is 1.80. The number of hydrogen-bond donors (Lipinski definition) is 0. The highest BCUT2D eigenvalue weighted by atomic mass is 32.2. The lowest BCUT2D eigenvalue weighted by molar-refractivity contribution is 0.0906. The van der Waals surface area contributed by atoms with E-state index in [2.05, 4.69) is 16.7 Å². The van der Waals surface area contributed by atoms with Crippen LogP contribution in [0.3, 0.4) is 0 Å². The topological polar surface area (TPSA) is 39.2 Å². The molecule has 3 heterocycles. The maximum Gasteiger partial charge on any atom is 0.167 e. The zero-order chi connectivity index (χ0) is 16.4. The summed E-state index contributed by atoms with van der Waals surface area (Å²) in [4.78, 5) is 17.1. The molecule has 2 bridgehead atoms. The Hall–Kier alpha value is -1.81. The van der Waals surface area contributed by atoms with E-state index in [9.17, 15) is 4.79 Å². The molecule has 24 heavy (non-hydrogen) atoms. The number of ether oxygens (including phenoxy) is 1. The third kappa shape index (κ3) is 3.48. The minimum absolute atomic E-state index is 0.162. The summed E-state index contributed by atoms with van der Waals surface area (Å²) in [5.74, 6) is 1.07. The smallest absolute Gasteiger partial charge is 0.167 e. The predicted octanol–water partition coefficient (Wildman–Crippen LogP) is 4.52. The number of thioether (sulfide) groups is 1. The van der Waals surface area contributed by atoms with Gasteiger partial charge in [0.2, 0.25) is 0 Å². The van der Waals surface area contributed by atoms with E-state index in [1.165, 1.54) is 12.8 Å². The van der Waals surface area contributed by atoms with Gasteiger partial charge in [-0.1, -0.05) is 30.3 Å². The first kappa shape index (κ1) is 15.7. The number of Topliss-reactive ketones (excluding diaryl/α,β-unsaturated/α-hetero) is 1. The van der Waals surface area contributed by atoms with Crippen LogP contribution in [0.15, 0.2) is 48.8 Å². The van der Waals surface area contributed by atoms with Crippen LogP contribution in [0.1, 0.15) is 41.6 Å². The van der Waals surface area contributed by atoms with Crippen LogP contribution in [0.5, 0.6) is 5.75 Å². The maximum absolute atomic E-state index is 12.8. The molecule has 0 saturated carbocycles. The Morgan fingerprint density at radius 2 is 1.88 bits per heavy atom. The highest BCUT2D eigenvalue weighted by Gasteiger charge is 2.38.